The number of carbonyl (C=O) groups excluding carboxylic acids is 2. The normalized spacial score (nSPS) is 10.0. The van der Waals surface area contributed by atoms with Crippen LogP contribution in [0.2, 0.25) is 0 Å². The molecule has 0 saturated heterocycles. The van der Waals surface area contributed by atoms with Gasteiger partial charge in [0.2, 0.25) is 0 Å². The van der Waals surface area contributed by atoms with Crippen molar-refractivity contribution < 1.29 is 14.3 Å². The van der Waals surface area contributed by atoms with Crippen LogP contribution < -0.4 is 10.6 Å². The topological polar surface area (TPSA) is 67.4 Å². The minimum absolute atomic E-state index is 0.0211. The summed E-state index contributed by atoms with van der Waals surface area (Å²) in [4.78, 5) is 22.1. The molecule has 0 aromatic rings. The first-order valence-corrected chi connectivity index (χ1v) is 4.65. The van der Waals surface area contributed by atoms with Crippen LogP contribution >= 0.6 is 0 Å². The van der Waals surface area contributed by atoms with Gasteiger partial charge in [0, 0.05) is 26.3 Å². The maximum atomic E-state index is 11.1. The molecule has 0 bridgehead atoms. The van der Waals surface area contributed by atoms with E-state index in [1.807, 2.05) is 0 Å². The van der Waals surface area contributed by atoms with Crippen molar-refractivity contribution in [3.8, 4) is 0 Å². The second kappa shape index (κ2) is 7.32. The standard InChI is InChI=1S/C9H18N2O3/c1-7(2)11-9(13)8(12)10-5-4-6-14-3/h7H,4-6H2,1-3H3,(H,10,12)(H,11,13). The van der Waals surface area contributed by atoms with E-state index in [2.05, 4.69) is 10.6 Å². The molecule has 2 N–H and O–H groups in total. The summed E-state index contributed by atoms with van der Waals surface area (Å²) in [6.45, 7) is 4.64. The molecule has 0 rings (SSSR count). The minimum atomic E-state index is -0.588. The maximum Gasteiger partial charge on any atom is 0.309 e. The van der Waals surface area contributed by atoms with E-state index >= 15 is 0 Å². The summed E-state index contributed by atoms with van der Waals surface area (Å²) in [6.07, 6.45) is 0.706. The SMILES string of the molecule is COCCCNC(=O)C(=O)NC(C)C. The van der Waals surface area contributed by atoms with Crippen LogP contribution in [0.15, 0.2) is 0 Å². The molecule has 0 atom stereocenters. The third-order valence-corrected chi connectivity index (χ3v) is 1.44. The van der Waals surface area contributed by atoms with Crippen molar-refractivity contribution in [2.45, 2.75) is 26.3 Å². The van der Waals surface area contributed by atoms with E-state index in [0.717, 1.165) is 0 Å². The third kappa shape index (κ3) is 6.42. The van der Waals surface area contributed by atoms with Gasteiger partial charge in [-0.25, -0.2) is 0 Å². The fraction of sp³-hybridized carbons (Fsp3) is 0.778. The molecule has 14 heavy (non-hydrogen) atoms. The predicted molar refractivity (Wildman–Crippen MR) is 52.8 cm³/mol. The molecule has 0 spiro atoms. The van der Waals surface area contributed by atoms with Gasteiger partial charge in [-0.1, -0.05) is 0 Å². The lowest BCUT2D eigenvalue weighted by molar-refractivity contribution is -0.139. The van der Waals surface area contributed by atoms with Crippen LogP contribution in [0.5, 0.6) is 0 Å². The number of amides is 2. The quantitative estimate of drug-likeness (QED) is 0.473. The lowest BCUT2D eigenvalue weighted by atomic mass is 10.3. The summed E-state index contributed by atoms with van der Waals surface area (Å²) in [5.41, 5.74) is 0. The second-order valence-electron chi connectivity index (χ2n) is 3.23. The van der Waals surface area contributed by atoms with E-state index in [9.17, 15) is 9.59 Å². The highest BCUT2D eigenvalue weighted by molar-refractivity contribution is 6.35. The first-order valence-electron chi connectivity index (χ1n) is 4.65. The van der Waals surface area contributed by atoms with Crippen LogP contribution in [0, 0.1) is 0 Å². The molecule has 82 valence electrons. The fourth-order valence-corrected chi connectivity index (χ4v) is 0.826. The lowest BCUT2D eigenvalue weighted by Gasteiger charge is -2.08. The zero-order valence-corrected chi connectivity index (χ0v) is 8.92. The summed E-state index contributed by atoms with van der Waals surface area (Å²) < 4.78 is 4.80. The van der Waals surface area contributed by atoms with Crippen LogP contribution in [-0.2, 0) is 14.3 Å². The molecular weight excluding hydrogens is 184 g/mol. The maximum absolute atomic E-state index is 11.1. The Labute approximate surface area is 84.2 Å². The van der Waals surface area contributed by atoms with E-state index in [0.29, 0.717) is 19.6 Å². The van der Waals surface area contributed by atoms with Gasteiger partial charge < -0.3 is 15.4 Å². The van der Waals surface area contributed by atoms with Crippen LogP contribution in [0.1, 0.15) is 20.3 Å². The van der Waals surface area contributed by atoms with Crippen molar-refractivity contribution in [1.29, 1.82) is 0 Å². The molecule has 0 radical (unpaired) electrons. The Morgan fingerprint density at radius 2 is 1.93 bits per heavy atom. The van der Waals surface area contributed by atoms with Gasteiger partial charge in [-0.05, 0) is 20.3 Å². The second-order valence-corrected chi connectivity index (χ2v) is 3.23. The Bertz CT molecular complexity index is 192. The van der Waals surface area contributed by atoms with Crippen molar-refractivity contribution in [2.75, 3.05) is 20.3 Å². The Morgan fingerprint density at radius 3 is 2.43 bits per heavy atom. The molecule has 0 heterocycles. The summed E-state index contributed by atoms with van der Waals surface area (Å²) in [5.74, 6) is -1.17. The largest absolute Gasteiger partial charge is 0.385 e. The molecule has 0 aromatic heterocycles. The molecule has 0 aliphatic rings. The molecule has 5 heteroatoms. The Hall–Kier alpha value is -1.10. The Balaban J connectivity index is 3.58. The average molecular weight is 202 g/mol. The first kappa shape index (κ1) is 12.9. The molecule has 5 nitrogen and oxygen atoms in total. The zero-order chi connectivity index (χ0) is 11.0. The van der Waals surface area contributed by atoms with Crippen LogP contribution in [0.25, 0.3) is 0 Å². The van der Waals surface area contributed by atoms with Crippen molar-refractivity contribution in [2.24, 2.45) is 0 Å². The number of nitrogens with one attached hydrogen (secondary N) is 2. The number of carbonyl (C=O) groups is 2. The van der Waals surface area contributed by atoms with Gasteiger partial charge in [-0.3, -0.25) is 9.59 Å². The van der Waals surface area contributed by atoms with Gasteiger partial charge >= 0.3 is 11.8 Å². The van der Waals surface area contributed by atoms with Gasteiger partial charge in [-0.15, -0.1) is 0 Å². The first-order chi connectivity index (χ1) is 6.57. The summed E-state index contributed by atoms with van der Waals surface area (Å²) in [6, 6.07) is -0.0211. The van der Waals surface area contributed by atoms with Crippen LogP contribution in [0.4, 0.5) is 0 Å². The Kier molecular flexibility index (Phi) is 6.74. The zero-order valence-electron chi connectivity index (χ0n) is 8.92. The van der Waals surface area contributed by atoms with Gasteiger partial charge in [0.1, 0.15) is 0 Å². The number of ether oxygens (including phenoxy) is 1. The van der Waals surface area contributed by atoms with Crippen LogP contribution in [0.3, 0.4) is 0 Å². The van der Waals surface area contributed by atoms with Crippen molar-refractivity contribution >= 4 is 11.8 Å². The number of methoxy groups -OCH3 is 1. The van der Waals surface area contributed by atoms with E-state index in [4.69, 9.17) is 4.74 Å². The molecule has 0 aromatic carbocycles. The van der Waals surface area contributed by atoms with Gasteiger partial charge in [0.05, 0.1) is 0 Å². The number of hydrogen-bond donors (Lipinski definition) is 2. The average Bonchev–Trinajstić information content (AvgIpc) is 2.11. The van der Waals surface area contributed by atoms with E-state index in [1.54, 1.807) is 21.0 Å². The van der Waals surface area contributed by atoms with Gasteiger partial charge in [0.15, 0.2) is 0 Å². The van der Waals surface area contributed by atoms with Crippen molar-refractivity contribution in [1.82, 2.24) is 10.6 Å². The molecule has 0 unspecified atom stereocenters. The molecule has 0 aliphatic heterocycles. The smallest absolute Gasteiger partial charge is 0.309 e. The van der Waals surface area contributed by atoms with E-state index < -0.39 is 11.8 Å². The molecule has 0 fully saturated rings. The molecule has 2 amide bonds. The summed E-state index contributed by atoms with van der Waals surface area (Å²) in [5, 5.41) is 4.99. The van der Waals surface area contributed by atoms with E-state index in [1.165, 1.54) is 0 Å². The van der Waals surface area contributed by atoms with Crippen molar-refractivity contribution in [3.63, 3.8) is 0 Å². The summed E-state index contributed by atoms with van der Waals surface area (Å²) >= 11 is 0. The van der Waals surface area contributed by atoms with E-state index in [-0.39, 0.29) is 6.04 Å². The fourth-order valence-electron chi connectivity index (χ4n) is 0.826. The monoisotopic (exact) mass is 202 g/mol. The third-order valence-electron chi connectivity index (χ3n) is 1.44. The van der Waals surface area contributed by atoms with Crippen LogP contribution in [-0.4, -0.2) is 38.1 Å². The molecular formula is C9H18N2O3. The van der Waals surface area contributed by atoms with Gasteiger partial charge in [0.25, 0.3) is 0 Å². The lowest BCUT2D eigenvalue weighted by Crippen LogP contribution is -2.43. The minimum Gasteiger partial charge on any atom is -0.385 e. The molecule has 0 saturated carbocycles. The van der Waals surface area contributed by atoms with Gasteiger partial charge in [-0.2, -0.15) is 0 Å². The number of rotatable bonds is 5. The number of hydrogen-bond acceptors (Lipinski definition) is 3. The van der Waals surface area contributed by atoms with Crippen molar-refractivity contribution in [3.05, 3.63) is 0 Å². The highest BCUT2D eigenvalue weighted by atomic mass is 16.5. The molecule has 0 aliphatic carbocycles. The highest BCUT2D eigenvalue weighted by Gasteiger charge is 2.12. The summed E-state index contributed by atoms with van der Waals surface area (Å²) in [7, 11) is 1.59. The highest BCUT2D eigenvalue weighted by Crippen LogP contribution is 1.80. The Morgan fingerprint density at radius 1 is 1.29 bits per heavy atom. The predicted octanol–water partition coefficient (Wildman–Crippen LogP) is -0.336.